The molecular weight excluding hydrogens is 311 g/mol. The summed E-state index contributed by atoms with van der Waals surface area (Å²) < 4.78 is 19.5. The standard InChI is InChI=1S/2C5H7ClN2O2/c2*1-9-3-5-8-7-4(2-6)10-5/h2*2-3H2,1H3. The molecule has 0 unspecified atom stereocenters. The third-order valence-electron chi connectivity index (χ3n) is 1.78. The molecule has 0 amide bonds. The maximum atomic E-state index is 5.40. The van der Waals surface area contributed by atoms with Crippen molar-refractivity contribution in [3.8, 4) is 0 Å². The average Bonchev–Trinajstić information content (AvgIpc) is 3.09. The second kappa shape index (κ2) is 9.65. The van der Waals surface area contributed by atoms with Gasteiger partial charge in [-0.1, -0.05) is 0 Å². The van der Waals surface area contributed by atoms with Crippen molar-refractivity contribution >= 4 is 23.2 Å². The van der Waals surface area contributed by atoms with Gasteiger partial charge in [-0.3, -0.25) is 0 Å². The van der Waals surface area contributed by atoms with E-state index in [2.05, 4.69) is 20.4 Å². The lowest BCUT2D eigenvalue weighted by Crippen LogP contribution is -1.85. The number of nitrogens with zero attached hydrogens (tertiary/aromatic N) is 4. The van der Waals surface area contributed by atoms with Crippen molar-refractivity contribution in [2.75, 3.05) is 14.2 Å². The third kappa shape index (κ3) is 5.83. The first kappa shape index (κ1) is 16.8. The van der Waals surface area contributed by atoms with Crippen LogP contribution in [0.4, 0.5) is 0 Å². The average molecular weight is 325 g/mol. The van der Waals surface area contributed by atoms with Crippen LogP contribution in [0, 0.1) is 0 Å². The minimum atomic E-state index is 0.247. The normalized spacial score (nSPS) is 10.2. The van der Waals surface area contributed by atoms with E-state index in [1.165, 1.54) is 0 Å². The fraction of sp³-hybridized carbons (Fsp3) is 0.600. The highest BCUT2D eigenvalue weighted by molar-refractivity contribution is 6.16. The maximum absolute atomic E-state index is 5.40. The molecule has 0 aliphatic heterocycles. The smallest absolute Gasteiger partial charge is 0.242 e. The molecule has 8 nitrogen and oxygen atoms in total. The first-order valence-corrected chi connectivity index (χ1v) is 6.52. The van der Waals surface area contributed by atoms with Crippen molar-refractivity contribution < 1.29 is 18.3 Å². The van der Waals surface area contributed by atoms with Crippen LogP contribution in [0.25, 0.3) is 0 Å². The van der Waals surface area contributed by atoms with Crippen LogP contribution in [0.3, 0.4) is 0 Å². The molecule has 0 aliphatic rings. The van der Waals surface area contributed by atoms with Crippen molar-refractivity contribution in [1.82, 2.24) is 20.4 Å². The maximum Gasteiger partial charge on any atom is 0.242 e. The van der Waals surface area contributed by atoms with Gasteiger partial charge in [0, 0.05) is 14.2 Å². The Hall–Kier alpha value is -1.22. The third-order valence-corrected chi connectivity index (χ3v) is 2.24. The van der Waals surface area contributed by atoms with Gasteiger partial charge in [0.15, 0.2) is 0 Å². The summed E-state index contributed by atoms with van der Waals surface area (Å²) in [5.74, 6) is 2.26. The van der Waals surface area contributed by atoms with Gasteiger partial charge in [-0.2, -0.15) is 0 Å². The van der Waals surface area contributed by atoms with Crippen LogP contribution in [0.15, 0.2) is 8.83 Å². The zero-order valence-corrected chi connectivity index (χ0v) is 12.5. The summed E-state index contributed by atoms with van der Waals surface area (Å²) in [5, 5.41) is 14.6. The fourth-order valence-electron chi connectivity index (χ4n) is 1.05. The van der Waals surface area contributed by atoms with E-state index >= 15 is 0 Å². The Balaban J connectivity index is 0.000000200. The van der Waals surface area contributed by atoms with Gasteiger partial charge in [-0.15, -0.1) is 43.6 Å². The summed E-state index contributed by atoms with van der Waals surface area (Å²) >= 11 is 10.8. The highest BCUT2D eigenvalue weighted by atomic mass is 35.5. The van der Waals surface area contributed by atoms with Gasteiger partial charge in [0.1, 0.15) is 25.0 Å². The highest BCUT2D eigenvalue weighted by Gasteiger charge is 2.03. The van der Waals surface area contributed by atoms with Gasteiger partial charge >= 0.3 is 0 Å². The lowest BCUT2D eigenvalue weighted by molar-refractivity contribution is 0.158. The number of hydrogen-bond acceptors (Lipinski definition) is 8. The largest absolute Gasteiger partial charge is 0.421 e. The molecule has 0 saturated heterocycles. The van der Waals surface area contributed by atoms with Gasteiger partial charge in [0.25, 0.3) is 0 Å². The van der Waals surface area contributed by atoms with E-state index in [0.29, 0.717) is 36.8 Å². The van der Waals surface area contributed by atoms with E-state index in [4.69, 9.17) is 41.5 Å². The summed E-state index contributed by atoms with van der Waals surface area (Å²) in [4.78, 5) is 0. The molecule has 0 N–H and O–H groups in total. The SMILES string of the molecule is COCc1nnc(CCl)o1.COCc1nnc(CCl)o1. The van der Waals surface area contributed by atoms with Crippen molar-refractivity contribution in [3.63, 3.8) is 0 Å². The number of alkyl halides is 2. The van der Waals surface area contributed by atoms with Gasteiger partial charge in [-0.05, 0) is 0 Å². The molecule has 112 valence electrons. The minimum absolute atomic E-state index is 0.247. The monoisotopic (exact) mass is 324 g/mol. The zero-order valence-electron chi connectivity index (χ0n) is 11.0. The second-order valence-corrected chi connectivity index (χ2v) is 3.85. The number of hydrogen-bond donors (Lipinski definition) is 0. The fourth-order valence-corrected chi connectivity index (χ4v) is 1.26. The second-order valence-electron chi connectivity index (χ2n) is 3.31. The number of methoxy groups -OCH3 is 2. The molecule has 20 heavy (non-hydrogen) atoms. The van der Waals surface area contributed by atoms with Crippen LogP contribution in [0.5, 0.6) is 0 Å². The summed E-state index contributed by atoms with van der Waals surface area (Å²) in [6.45, 7) is 0.674. The molecule has 0 saturated carbocycles. The molecule has 2 aromatic heterocycles. The Morgan fingerprint density at radius 3 is 1.35 bits per heavy atom. The Morgan fingerprint density at radius 2 is 1.10 bits per heavy atom. The Bertz CT molecular complexity index is 447. The molecule has 0 spiro atoms. The van der Waals surface area contributed by atoms with E-state index in [0.717, 1.165) is 0 Å². The number of halogens is 2. The van der Waals surface area contributed by atoms with Crippen LogP contribution in [-0.2, 0) is 34.4 Å². The van der Waals surface area contributed by atoms with E-state index < -0.39 is 0 Å². The Kier molecular flexibility index (Phi) is 8.12. The number of ether oxygens (including phenoxy) is 2. The van der Waals surface area contributed by atoms with Crippen LogP contribution < -0.4 is 0 Å². The molecule has 0 aromatic carbocycles. The summed E-state index contributed by atoms with van der Waals surface area (Å²) in [7, 11) is 3.12. The summed E-state index contributed by atoms with van der Waals surface area (Å²) in [6, 6.07) is 0. The molecule has 0 radical (unpaired) electrons. The number of rotatable bonds is 6. The van der Waals surface area contributed by atoms with Crippen LogP contribution >= 0.6 is 23.2 Å². The molecule has 2 aromatic rings. The van der Waals surface area contributed by atoms with E-state index in [1.54, 1.807) is 14.2 Å². The van der Waals surface area contributed by atoms with E-state index in [1.807, 2.05) is 0 Å². The van der Waals surface area contributed by atoms with Crippen LogP contribution in [0.2, 0.25) is 0 Å². The molecule has 2 rings (SSSR count). The summed E-state index contributed by atoms with van der Waals surface area (Å²) in [5.41, 5.74) is 0. The molecule has 0 fully saturated rings. The van der Waals surface area contributed by atoms with Crippen molar-refractivity contribution in [1.29, 1.82) is 0 Å². The summed E-state index contributed by atoms with van der Waals surface area (Å²) in [6.07, 6.45) is 0. The quantitative estimate of drug-likeness (QED) is 0.743. The van der Waals surface area contributed by atoms with E-state index in [9.17, 15) is 0 Å². The molecule has 2 heterocycles. The van der Waals surface area contributed by atoms with Crippen LogP contribution in [-0.4, -0.2) is 34.6 Å². The van der Waals surface area contributed by atoms with Gasteiger partial charge in [-0.25, -0.2) is 0 Å². The topological polar surface area (TPSA) is 96.3 Å². The Labute approximate surface area is 125 Å². The molecular formula is C10H14Cl2N4O4. The number of aromatic nitrogens is 4. The van der Waals surface area contributed by atoms with E-state index in [-0.39, 0.29) is 11.8 Å². The molecule has 0 atom stereocenters. The van der Waals surface area contributed by atoms with Gasteiger partial charge in [0.2, 0.25) is 23.6 Å². The predicted molar refractivity (Wildman–Crippen MR) is 69.1 cm³/mol. The van der Waals surface area contributed by atoms with Crippen LogP contribution in [0.1, 0.15) is 23.6 Å². The van der Waals surface area contributed by atoms with Crippen molar-refractivity contribution in [2.45, 2.75) is 25.0 Å². The lowest BCUT2D eigenvalue weighted by Gasteiger charge is -1.87. The molecule has 0 bridgehead atoms. The Morgan fingerprint density at radius 1 is 0.750 bits per heavy atom. The predicted octanol–water partition coefficient (Wildman–Crippen LogP) is 1.91. The minimum Gasteiger partial charge on any atom is -0.421 e. The lowest BCUT2D eigenvalue weighted by atomic mass is 10.7. The first-order chi connectivity index (χ1) is 9.73. The highest BCUT2D eigenvalue weighted by Crippen LogP contribution is 2.03. The zero-order chi connectivity index (χ0) is 14.8. The molecule has 0 aliphatic carbocycles. The first-order valence-electron chi connectivity index (χ1n) is 5.45. The van der Waals surface area contributed by atoms with Gasteiger partial charge in [0.05, 0.1) is 0 Å². The van der Waals surface area contributed by atoms with Crippen molar-refractivity contribution in [3.05, 3.63) is 23.6 Å². The van der Waals surface area contributed by atoms with Gasteiger partial charge < -0.3 is 18.3 Å². The van der Waals surface area contributed by atoms with Crippen molar-refractivity contribution in [2.24, 2.45) is 0 Å². The molecule has 10 heteroatoms.